The van der Waals surface area contributed by atoms with Gasteiger partial charge in [-0.05, 0) is 49.2 Å². The summed E-state index contributed by atoms with van der Waals surface area (Å²) in [7, 11) is 2.11. The van der Waals surface area contributed by atoms with Crippen LogP contribution >= 0.6 is 19.8 Å². The smallest absolute Gasteiger partial charge is 0.126 e. The first-order valence-electron chi connectivity index (χ1n) is 8.88. The van der Waals surface area contributed by atoms with Crippen LogP contribution in [-0.2, 0) is 0 Å². The number of unbranched alkanes of at least 4 members (excludes halogenated alkanes) is 3. The third kappa shape index (κ3) is 5.74. The van der Waals surface area contributed by atoms with Crippen LogP contribution in [0, 0.1) is 6.92 Å². The second-order valence-electron chi connectivity index (χ2n) is 6.09. The van der Waals surface area contributed by atoms with Crippen molar-refractivity contribution in [2.24, 2.45) is 0 Å². The van der Waals surface area contributed by atoms with Crippen LogP contribution in [0.2, 0.25) is 5.02 Å². The van der Waals surface area contributed by atoms with E-state index in [1.54, 1.807) is 18.2 Å². The van der Waals surface area contributed by atoms with E-state index in [0.29, 0.717) is 24.5 Å². The molecule has 2 rings (SSSR count). The van der Waals surface area contributed by atoms with Gasteiger partial charge in [0.25, 0.3) is 0 Å². The van der Waals surface area contributed by atoms with Gasteiger partial charge in [-0.15, -0.1) is 0 Å². The first kappa shape index (κ1) is 20.8. The van der Waals surface area contributed by atoms with Gasteiger partial charge in [0.1, 0.15) is 11.5 Å². The zero-order valence-corrected chi connectivity index (χ0v) is 17.2. The maximum absolute atomic E-state index is 12.7. The molecule has 0 saturated carbocycles. The summed E-state index contributed by atoms with van der Waals surface area (Å²) < 4.78 is 11.1. The van der Waals surface area contributed by atoms with E-state index in [2.05, 4.69) is 6.92 Å². The molecule has 0 fully saturated rings. The van der Waals surface area contributed by atoms with Gasteiger partial charge in [-0.1, -0.05) is 57.5 Å². The highest BCUT2D eigenvalue weighted by Gasteiger charge is 2.07. The average molecular weight is 392 g/mol. The van der Waals surface area contributed by atoms with Crippen LogP contribution in [0.3, 0.4) is 0 Å². The summed E-state index contributed by atoms with van der Waals surface area (Å²) in [6.07, 6.45) is 4.73. The zero-order valence-electron chi connectivity index (χ0n) is 15.5. The Balaban J connectivity index is 2.13. The van der Waals surface area contributed by atoms with Crippen LogP contribution in [0.1, 0.15) is 43.7 Å². The van der Waals surface area contributed by atoms with Crippen LogP contribution in [0.4, 0.5) is 0 Å². The molecule has 5 heteroatoms. The quantitative estimate of drug-likeness (QED) is 0.458. The molecule has 3 nitrogen and oxygen atoms in total. The van der Waals surface area contributed by atoms with Crippen molar-refractivity contribution >= 4 is 30.6 Å². The number of rotatable bonds is 9. The summed E-state index contributed by atoms with van der Waals surface area (Å²) in [6, 6.07) is 11.1. The van der Waals surface area contributed by atoms with Crippen LogP contribution < -0.4 is 19.9 Å². The number of hydrogen-bond donors (Lipinski definition) is 0. The maximum Gasteiger partial charge on any atom is 0.126 e. The van der Waals surface area contributed by atoms with Gasteiger partial charge in [-0.25, -0.2) is 0 Å². The van der Waals surface area contributed by atoms with Crippen molar-refractivity contribution < 1.29 is 14.6 Å². The molecule has 0 N–H and O–H groups in total. The van der Waals surface area contributed by atoms with Crippen molar-refractivity contribution in [3.05, 3.63) is 52.5 Å². The number of aryl methyl sites for hydroxylation is 1. The van der Waals surface area contributed by atoms with E-state index >= 15 is 0 Å². The fourth-order valence-corrected chi connectivity index (χ4v) is 3.88. The van der Waals surface area contributed by atoms with Crippen molar-refractivity contribution in [2.45, 2.75) is 39.5 Å². The molecule has 0 unspecified atom stereocenters. The lowest BCUT2D eigenvalue weighted by Gasteiger charge is -2.18. The molecule has 26 heavy (non-hydrogen) atoms. The summed E-state index contributed by atoms with van der Waals surface area (Å²) in [6.45, 7) is 4.91. The topological polar surface area (TPSA) is 41.5 Å². The predicted octanol–water partition coefficient (Wildman–Crippen LogP) is 4.73. The van der Waals surface area contributed by atoms with Crippen molar-refractivity contribution in [3.63, 3.8) is 0 Å². The Kier molecular flexibility index (Phi) is 8.44. The Morgan fingerprint density at radius 2 is 1.96 bits per heavy atom. The molecule has 2 aromatic carbocycles. The lowest BCUT2D eigenvalue weighted by atomic mass is 10.2. The maximum atomic E-state index is 12.7. The van der Waals surface area contributed by atoms with E-state index in [0.717, 1.165) is 29.6 Å². The second-order valence-corrected chi connectivity index (χ2v) is 7.61. The molecular formula is C21H25ClO3P-. The second kappa shape index (κ2) is 10.6. The lowest BCUT2D eigenvalue weighted by Crippen LogP contribution is -2.19. The largest absolute Gasteiger partial charge is 0.823 e. The first-order chi connectivity index (χ1) is 12.6. The Morgan fingerprint density at radius 3 is 2.65 bits per heavy atom. The number of methoxy groups -OCH3 is 1. The minimum atomic E-state index is -0.0798. The molecule has 0 spiro atoms. The van der Waals surface area contributed by atoms with Gasteiger partial charge in [0.05, 0.1) is 18.7 Å². The van der Waals surface area contributed by atoms with Gasteiger partial charge in [-0.3, -0.25) is 0 Å². The number of ether oxygens (including phenoxy) is 2. The molecule has 2 aromatic rings. The molecule has 0 radical (unpaired) electrons. The molecule has 0 aliphatic heterocycles. The fraction of sp³-hybridized carbons (Fsp3) is 0.381. The Hall–Kier alpha value is -1.54. The van der Waals surface area contributed by atoms with Crippen LogP contribution in [0.25, 0.3) is 0 Å². The summed E-state index contributed by atoms with van der Waals surface area (Å²) in [5.41, 5.74) is 1.37. The highest BCUT2D eigenvalue weighted by atomic mass is 35.5. The van der Waals surface area contributed by atoms with E-state index < -0.39 is 0 Å². The van der Waals surface area contributed by atoms with Crippen LogP contribution in [-0.4, -0.2) is 19.2 Å². The van der Waals surface area contributed by atoms with Crippen molar-refractivity contribution in [1.82, 2.24) is 0 Å². The molecule has 0 saturated heterocycles. The number of halogens is 1. The average Bonchev–Trinajstić information content (AvgIpc) is 2.63. The monoisotopic (exact) mass is 391 g/mol. The summed E-state index contributed by atoms with van der Waals surface area (Å²) in [5.74, 6) is 1.35. The third-order valence-corrected chi connectivity index (χ3v) is 5.55. The van der Waals surface area contributed by atoms with Gasteiger partial charge < -0.3 is 14.6 Å². The minimum Gasteiger partial charge on any atom is -0.823 e. The van der Waals surface area contributed by atoms with Gasteiger partial charge in [0.2, 0.25) is 0 Å². The standard InChI is InChI=1S/C21H26ClO3P/c1-4-5-6-7-13-25-16-11-12-19(15(2)14-16)26-21(23)20-17(22)9-8-10-18(20)24-3/h8-12,14,23H,4-7,13H2,1-3H3/p-1. The van der Waals surface area contributed by atoms with Crippen LogP contribution in [0.5, 0.6) is 11.5 Å². The molecule has 0 amide bonds. The summed E-state index contributed by atoms with van der Waals surface area (Å²) in [5, 5.41) is 14.1. The predicted molar refractivity (Wildman–Crippen MR) is 109 cm³/mol. The zero-order chi connectivity index (χ0) is 18.9. The van der Waals surface area contributed by atoms with Crippen molar-refractivity contribution in [2.75, 3.05) is 13.7 Å². The normalized spacial score (nSPS) is 11.5. The van der Waals surface area contributed by atoms with Crippen molar-refractivity contribution in [3.8, 4) is 11.5 Å². The van der Waals surface area contributed by atoms with Crippen LogP contribution in [0.15, 0.2) is 36.4 Å². The number of hydrogen-bond acceptors (Lipinski definition) is 3. The fourth-order valence-electron chi connectivity index (χ4n) is 2.61. The van der Waals surface area contributed by atoms with Crippen molar-refractivity contribution in [1.29, 1.82) is 0 Å². The van der Waals surface area contributed by atoms with E-state index in [1.807, 2.05) is 25.1 Å². The van der Waals surface area contributed by atoms with E-state index in [-0.39, 0.29) is 5.48 Å². The highest BCUT2D eigenvalue weighted by Crippen LogP contribution is 2.28. The molecule has 140 valence electrons. The lowest BCUT2D eigenvalue weighted by molar-refractivity contribution is -0.207. The van der Waals surface area contributed by atoms with Gasteiger partial charge in [-0.2, -0.15) is 0 Å². The Bertz CT molecular complexity index is 759. The molecule has 0 heterocycles. The van der Waals surface area contributed by atoms with E-state index in [1.165, 1.54) is 26.4 Å². The SMILES string of the molecule is CCCCCCOc1ccc(P=C([O-])c2c(Cl)cccc2OC)c(C)c1. The molecule has 0 bridgehead atoms. The molecular weight excluding hydrogens is 367 g/mol. The van der Waals surface area contributed by atoms with E-state index in [9.17, 15) is 5.11 Å². The molecule has 0 aromatic heterocycles. The number of benzene rings is 2. The summed E-state index contributed by atoms with van der Waals surface area (Å²) in [4.78, 5) is 0. The first-order valence-corrected chi connectivity index (χ1v) is 10.2. The Labute approximate surface area is 162 Å². The van der Waals surface area contributed by atoms with Gasteiger partial charge >= 0.3 is 0 Å². The Morgan fingerprint density at radius 1 is 1.15 bits per heavy atom. The minimum absolute atomic E-state index is 0.0798. The third-order valence-electron chi connectivity index (χ3n) is 4.07. The highest BCUT2D eigenvalue weighted by molar-refractivity contribution is 7.49. The van der Waals surface area contributed by atoms with Gasteiger partial charge in [0, 0.05) is 10.9 Å². The summed E-state index contributed by atoms with van der Waals surface area (Å²) >= 11 is 6.20. The van der Waals surface area contributed by atoms with E-state index in [4.69, 9.17) is 21.1 Å². The molecule has 0 atom stereocenters. The molecule has 0 aliphatic rings. The molecule has 0 aliphatic carbocycles. The van der Waals surface area contributed by atoms with Gasteiger partial charge in [0.15, 0.2) is 0 Å².